The molecule has 184 valence electrons. The van der Waals surface area contributed by atoms with Crippen molar-refractivity contribution in [1.29, 1.82) is 0 Å². The van der Waals surface area contributed by atoms with Crippen LogP contribution in [0.2, 0.25) is 0 Å². The number of ether oxygens (including phenoxy) is 2. The molecule has 0 aromatic heterocycles. The largest absolute Gasteiger partial charge is 0.497 e. The summed E-state index contributed by atoms with van der Waals surface area (Å²) in [7, 11) is 1.69. The highest BCUT2D eigenvalue weighted by Gasteiger charge is 2.18. The third kappa shape index (κ3) is 4.08. The number of carbonyl (C=O) groups is 1. The predicted octanol–water partition coefficient (Wildman–Crippen LogP) is 8.97. The predicted molar refractivity (Wildman–Crippen MR) is 157 cm³/mol. The Hall–Kier alpha value is -4.89. The minimum atomic E-state index is -0.427. The number of hydrogen-bond donors (Lipinski definition) is 0. The SMILES string of the molecule is C=C(C)C(=O)Oc1ccc(-c2c3ccccc3c(-c3ccc(OC)cc3)c3cc4ccccc4cc23)cc1. The highest BCUT2D eigenvalue weighted by molar-refractivity contribution is 6.23. The van der Waals surface area contributed by atoms with Crippen molar-refractivity contribution < 1.29 is 14.3 Å². The van der Waals surface area contributed by atoms with Gasteiger partial charge in [0.15, 0.2) is 0 Å². The van der Waals surface area contributed by atoms with Crippen LogP contribution in [0.4, 0.5) is 0 Å². The number of rotatable bonds is 5. The monoisotopic (exact) mass is 494 g/mol. The van der Waals surface area contributed by atoms with Crippen molar-refractivity contribution in [2.45, 2.75) is 6.92 Å². The zero-order chi connectivity index (χ0) is 26.2. The number of hydrogen-bond acceptors (Lipinski definition) is 3. The number of benzene rings is 6. The molecule has 38 heavy (non-hydrogen) atoms. The van der Waals surface area contributed by atoms with E-state index in [2.05, 4.69) is 79.4 Å². The maximum absolute atomic E-state index is 12.0. The Balaban J connectivity index is 1.66. The molecule has 0 aliphatic carbocycles. The van der Waals surface area contributed by atoms with E-state index in [0.717, 1.165) is 27.8 Å². The van der Waals surface area contributed by atoms with E-state index in [1.54, 1.807) is 14.0 Å². The Morgan fingerprint density at radius 1 is 0.605 bits per heavy atom. The van der Waals surface area contributed by atoms with Crippen molar-refractivity contribution in [3.8, 4) is 33.8 Å². The molecule has 0 fully saturated rings. The molecule has 0 aliphatic rings. The zero-order valence-electron chi connectivity index (χ0n) is 21.3. The molecule has 6 rings (SSSR count). The lowest BCUT2D eigenvalue weighted by Gasteiger charge is -2.19. The molecule has 3 heteroatoms. The van der Waals surface area contributed by atoms with Crippen LogP contribution in [0.3, 0.4) is 0 Å². The summed E-state index contributed by atoms with van der Waals surface area (Å²) in [5.41, 5.74) is 4.90. The van der Waals surface area contributed by atoms with E-state index in [0.29, 0.717) is 11.3 Å². The van der Waals surface area contributed by atoms with Crippen LogP contribution in [0, 0.1) is 0 Å². The fourth-order valence-electron chi connectivity index (χ4n) is 5.13. The van der Waals surface area contributed by atoms with Gasteiger partial charge in [-0.2, -0.15) is 0 Å². The lowest BCUT2D eigenvalue weighted by molar-refractivity contribution is -0.130. The van der Waals surface area contributed by atoms with Gasteiger partial charge in [-0.3, -0.25) is 0 Å². The topological polar surface area (TPSA) is 35.5 Å². The summed E-state index contributed by atoms with van der Waals surface area (Å²) >= 11 is 0. The fourth-order valence-corrected chi connectivity index (χ4v) is 5.13. The van der Waals surface area contributed by atoms with E-state index < -0.39 is 5.97 Å². The van der Waals surface area contributed by atoms with Gasteiger partial charge in [-0.1, -0.05) is 79.4 Å². The molecule has 0 saturated heterocycles. The molecular weight excluding hydrogens is 468 g/mol. The van der Waals surface area contributed by atoms with E-state index >= 15 is 0 Å². The molecule has 0 heterocycles. The van der Waals surface area contributed by atoms with Crippen molar-refractivity contribution in [2.75, 3.05) is 7.11 Å². The van der Waals surface area contributed by atoms with E-state index in [-0.39, 0.29) is 0 Å². The first-order chi connectivity index (χ1) is 18.5. The van der Waals surface area contributed by atoms with Gasteiger partial charge in [0, 0.05) is 5.57 Å². The fraction of sp³-hybridized carbons (Fsp3) is 0.0571. The van der Waals surface area contributed by atoms with Gasteiger partial charge in [0.1, 0.15) is 11.5 Å². The van der Waals surface area contributed by atoms with Crippen molar-refractivity contribution in [3.63, 3.8) is 0 Å². The molecule has 0 N–H and O–H groups in total. The van der Waals surface area contributed by atoms with Gasteiger partial charge in [0.2, 0.25) is 0 Å². The van der Waals surface area contributed by atoms with E-state index in [1.165, 1.54) is 32.5 Å². The summed E-state index contributed by atoms with van der Waals surface area (Å²) in [6.07, 6.45) is 0. The van der Waals surface area contributed by atoms with Crippen LogP contribution in [-0.4, -0.2) is 13.1 Å². The molecule has 6 aromatic rings. The Bertz CT molecular complexity index is 1850. The quantitative estimate of drug-likeness (QED) is 0.104. The Morgan fingerprint density at radius 2 is 1.05 bits per heavy atom. The normalized spacial score (nSPS) is 11.1. The van der Waals surface area contributed by atoms with Crippen LogP contribution in [0.5, 0.6) is 11.5 Å². The molecular formula is C35H26O3. The molecule has 0 amide bonds. The minimum absolute atomic E-state index is 0.368. The standard InChI is InChI=1S/C35H26O3/c1-22(2)35(36)38-28-18-14-24(15-19-28)34-30-11-7-6-10-29(30)33(23-12-16-27(37-3)17-13-23)31-20-25-8-4-5-9-26(25)21-32(31)34/h4-21H,1H2,2-3H3. The first kappa shape index (κ1) is 23.5. The third-order valence-electron chi connectivity index (χ3n) is 6.97. The van der Waals surface area contributed by atoms with Crippen LogP contribution in [-0.2, 0) is 4.79 Å². The molecule has 0 spiro atoms. The van der Waals surface area contributed by atoms with Gasteiger partial charge < -0.3 is 9.47 Å². The molecule has 0 aliphatic heterocycles. The summed E-state index contributed by atoms with van der Waals surface area (Å²) in [6, 6.07) is 37.6. The van der Waals surface area contributed by atoms with Gasteiger partial charge >= 0.3 is 5.97 Å². The second-order valence-corrected chi connectivity index (χ2v) is 9.46. The lowest BCUT2D eigenvalue weighted by atomic mass is 9.85. The van der Waals surface area contributed by atoms with Gasteiger partial charge in [-0.15, -0.1) is 0 Å². The summed E-state index contributed by atoms with van der Waals surface area (Å²) in [6.45, 7) is 5.31. The maximum Gasteiger partial charge on any atom is 0.338 e. The maximum atomic E-state index is 12.0. The van der Waals surface area contributed by atoms with E-state index in [4.69, 9.17) is 9.47 Å². The van der Waals surface area contributed by atoms with Crippen LogP contribution in [0.15, 0.2) is 121 Å². The van der Waals surface area contributed by atoms with Crippen molar-refractivity contribution in [1.82, 2.24) is 0 Å². The average molecular weight is 495 g/mol. The van der Waals surface area contributed by atoms with Crippen molar-refractivity contribution in [2.24, 2.45) is 0 Å². The smallest absolute Gasteiger partial charge is 0.338 e. The molecule has 0 atom stereocenters. The Morgan fingerprint density at radius 3 is 1.50 bits per heavy atom. The molecule has 0 bridgehead atoms. The van der Waals surface area contributed by atoms with Crippen LogP contribution < -0.4 is 9.47 Å². The zero-order valence-corrected chi connectivity index (χ0v) is 21.3. The summed E-state index contributed by atoms with van der Waals surface area (Å²) in [4.78, 5) is 12.0. The molecule has 0 saturated carbocycles. The second kappa shape index (κ2) is 9.53. The van der Waals surface area contributed by atoms with Gasteiger partial charge in [0.25, 0.3) is 0 Å². The lowest BCUT2D eigenvalue weighted by Crippen LogP contribution is -2.07. The highest BCUT2D eigenvalue weighted by atomic mass is 16.5. The number of carbonyl (C=O) groups excluding carboxylic acids is 1. The summed E-state index contributed by atoms with van der Waals surface area (Å²) < 4.78 is 10.9. The van der Waals surface area contributed by atoms with E-state index in [1.807, 2.05) is 36.4 Å². The first-order valence-corrected chi connectivity index (χ1v) is 12.5. The van der Waals surface area contributed by atoms with Gasteiger partial charge in [-0.05, 0) is 97.9 Å². The average Bonchev–Trinajstić information content (AvgIpc) is 2.95. The molecule has 3 nitrogen and oxygen atoms in total. The van der Waals surface area contributed by atoms with Crippen LogP contribution >= 0.6 is 0 Å². The highest BCUT2D eigenvalue weighted by Crippen LogP contribution is 2.45. The van der Waals surface area contributed by atoms with Gasteiger partial charge in [0.05, 0.1) is 7.11 Å². The van der Waals surface area contributed by atoms with Crippen LogP contribution in [0.1, 0.15) is 6.92 Å². The third-order valence-corrected chi connectivity index (χ3v) is 6.97. The van der Waals surface area contributed by atoms with Crippen LogP contribution in [0.25, 0.3) is 54.6 Å². The van der Waals surface area contributed by atoms with Crippen molar-refractivity contribution in [3.05, 3.63) is 121 Å². The number of fused-ring (bicyclic) bond motifs is 3. The summed E-state index contributed by atoms with van der Waals surface area (Å²) in [5.74, 6) is 0.900. The Labute approximate surface area is 221 Å². The molecule has 0 unspecified atom stereocenters. The summed E-state index contributed by atoms with van der Waals surface area (Å²) in [5, 5.41) is 7.06. The molecule has 6 aromatic carbocycles. The molecule has 0 radical (unpaired) electrons. The van der Waals surface area contributed by atoms with Gasteiger partial charge in [-0.25, -0.2) is 4.79 Å². The second-order valence-electron chi connectivity index (χ2n) is 9.46. The first-order valence-electron chi connectivity index (χ1n) is 12.5. The minimum Gasteiger partial charge on any atom is -0.497 e. The Kier molecular flexibility index (Phi) is 5.89. The number of esters is 1. The number of methoxy groups -OCH3 is 1. The van der Waals surface area contributed by atoms with Crippen molar-refractivity contribution >= 4 is 38.3 Å². The van der Waals surface area contributed by atoms with E-state index in [9.17, 15) is 4.79 Å².